The Kier molecular flexibility index (Phi) is 5.53. The van der Waals surface area contributed by atoms with Crippen molar-refractivity contribution >= 4 is 0 Å². The minimum atomic E-state index is 0.348. The second-order valence-electron chi connectivity index (χ2n) is 8.15. The summed E-state index contributed by atoms with van der Waals surface area (Å²) in [4.78, 5) is 5.43. The zero-order valence-electron chi connectivity index (χ0n) is 14.5. The fourth-order valence-electron chi connectivity index (χ4n) is 4.13. The van der Waals surface area contributed by atoms with Crippen LogP contribution >= 0.6 is 0 Å². The summed E-state index contributed by atoms with van der Waals surface area (Å²) < 4.78 is 0. The second-order valence-corrected chi connectivity index (χ2v) is 8.15. The van der Waals surface area contributed by atoms with Gasteiger partial charge in [-0.25, -0.2) is 0 Å². The molecule has 0 radical (unpaired) electrons. The molecule has 0 amide bonds. The molecule has 0 aromatic heterocycles. The van der Waals surface area contributed by atoms with Crippen molar-refractivity contribution in [2.45, 2.75) is 78.3 Å². The Morgan fingerprint density at radius 1 is 0.950 bits per heavy atom. The van der Waals surface area contributed by atoms with E-state index in [0.29, 0.717) is 5.54 Å². The van der Waals surface area contributed by atoms with Gasteiger partial charge in [0.2, 0.25) is 0 Å². The molecule has 1 aliphatic heterocycles. The highest BCUT2D eigenvalue weighted by Gasteiger charge is 2.32. The third kappa shape index (κ3) is 3.98. The molecule has 1 unspecified atom stereocenters. The number of nitrogens with zero attached hydrogens (tertiary/aromatic N) is 2. The molecular weight excluding hydrogens is 244 g/mol. The van der Waals surface area contributed by atoms with Crippen LogP contribution in [0, 0.1) is 11.8 Å². The first-order chi connectivity index (χ1) is 9.41. The summed E-state index contributed by atoms with van der Waals surface area (Å²) >= 11 is 0. The zero-order chi connectivity index (χ0) is 14.8. The molecule has 2 aliphatic rings. The van der Waals surface area contributed by atoms with Crippen molar-refractivity contribution in [2.75, 3.05) is 26.2 Å². The Morgan fingerprint density at radius 2 is 1.50 bits per heavy atom. The number of hydrogen-bond donors (Lipinski definition) is 0. The van der Waals surface area contributed by atoms with Crippen LogP contribution in [0.25, 0.3) is 0 Å². The smallest absolute Gasteiger partial charge is 0.0126 e. The monoisotopic (exact) mass is 280 g/mol. The predicted molar refractivity (Wildman–Crippen MR) is 88.1 cm³/mol. The van der Waals surface area contributed by atoms with Crippen molar-refractivity contribution in [1.29, 1.82) is 0 Å². The predicted octanol–water partition coefficient (Wildman–Crippen LogP) is 4.01. The second kappa shape index (κ2) is 6.79. The summed E-state index contributed by atoms with van der Waals surface area (Å²) in [6.07, 6.45) is 7.20. The van der Waals surface area contributed by atoms with Gasteiger partial charge >= 0.3 is 0 Å². The highest BCUT2D eigenvalue weighted by molar-refractivity contribution is 4.87. The molecule has 20 heavy (non-hydrogen) atoms. The number of piperazine rings is 1. The molecule has 1 atom stereocenters. The van der Waals surface area contributed by atoms with E-state index in [2.05, 4.69) is 44.4 Å². The lowest BCUT2D eigenvalue weighted by atomic mass is 9.77. The summed E-state index contributed by atoms with van der Waals surface area (Å²) in [5, 5.41) is 0. The topological polar surface area (TPSA) is 6.48 Å². The van der Waals surface area contributed by atoms with Crippen molar-refractivity contribution in [3.05, 3.63) is 0 Å². The van der Waals surface area contributed by atoms with Gasteiger partial charge in [-0.3, -0.25) is 9.80 Å². The van der Waals surface area contributed by atoms with Gasteiger partial charge in [-0.05, 0) is 58.3 Å². The zero-order valence-corrected chi connectivity index (χ0v) is 14.5. The van der Waals surface area contributed by atoms with Crippen LogP contribution in [-0.4, -0.2) is 47.6 Å². The maximum Gasteiger partial charge on any atom is 0.0126 e. The minimum absolute atomic E-state index is 0.348. The van der Waals surface area contributed by atoms with Gasteiger partial charge in [0.05, 0.1) is 0 Å². The maximum absolute atomic E-state index is 2.79. The van der Waals surface area contributed by atoms with Gasteiger partial charge < -0.3 is 0 Å². The molecule has 0 aromatic rings. The largest absolute Gasteiger partial charge is 0.298 e. The van der Waals surface area contributed by atoms with E-state index in [9.17, 15) is 0 Å². The first-order valence-corrected chi connectivity index (χ1v) is 8.91. The van der Waals surface area contributed by atoms with Gasteiger partial charge in [0, 0.05) is 37.8 Å². The van der Waals surface area contributed by atoms with E-state index in [1.165, 1.54) is 58.3 Å². The minimum Gasteiger partial charge on any atom is -0.298 e. The standard InChI is InChI=1S/C18H36N2/c1-6-15(2)16-7-9-17(10-8-16)19-11-13-20(14-12-19)18(3,4)5/h15-17H,6-14H2,1-5H3/t15?,16-,17-. The van der Waals surface area contributed by atoms with E-state index in [-0.39, 0.29) is 0 Å². The van der Waals surface area contributed by atoms with Crippen LogP contribution in [0.3, 0.4) is 0 Å². The molecule has 0 N–H and O–H groups in total. The van der Waals surface area contributed by atoms with E-state index in [1.54, 1.807) is 0 Å². The van der Waals surface area contributed by atoms with E-state index >= 15 is 0 Å². The van der Waals surface area contributed by atoms with Gasteiger partial charge in [-0.2, -0.15) is 0 Å². The molecule has 1 aliphatic carbocycles. The highest BCUT2D eigenvalue weighted by atomic mass is 15.3. The summed E-state index contributed by atoms with van der Waals surface area (Å²) in [7, 11) is 0. The lowest BCUT2D eigenvalue weighted by Crippen LogP contribution is -2.56. The Labute approximate surface area is 126 Å². The van der Waals surface area contributed by atoms with Crippen molar-refractivity contribution in [2.24, 2.45) is 11.8 Å². The summed E-state index contributed by atoms with van der Waals surface area (Å²) in [5.74, 6) is 1.95. The van der Waals surface area contributed by atoms with Crippen LogP contribution in [0.1, 0.15) is 66.7 Å². The van der Waals surface area contributed by atoms with Gasteiger partial charge in [0.25, 0.3) is 0 Å². The Balaban J connectivity index is 1.76. The molecule has 1 saturated heterocycles. The fraction of sp³-hybridized carbons (Fsp3) is 1.00. The molecule has 0 bridgehead atoms. The third-order valence-electron chi connectivity index (χ3n) is 5.97. The van der Waals surface area contributed by atoms with E-state index in [1.807, 2.05) is 0 Å². The Morgan fingerprint density at radius 3 is 1.95 bits per heavy atom. The molecule has 0 aromatic carbocycles. The average Bonchev–Trinajstić information content (AvgIpc) is 2.46. The number of rotatable bonds is 3. The van der Waals surface area contributed by atoms with Gasteiger partial charge in [0.1, 0.15) is 0 Å². The molecule has 2 heteroatoms. The lowest BCUT2D eigenvalue weighted by Gasteiger charge is -2.46. The van der Waals surface area contributed by atoms with Crippen molar-refractivity contribution in [1.82, 2.24) is 9.80 Å². The van der Waals surface area contributed by atoms with E-state index < -0.39 is 0 Å². The van der Waals surface area contributed by atoms with E-state index in [0.717, 1.165) is 17.9 Å². The molecule has 1 heterocycles. The number of hydrogen-bond acceptors (Lipinski definition) is 2. The molecule has 2 nitrogen and oxygen atoms in total. The van der Waals surface area contributed by atoms with Crippen LogP contribution in [0.2, 0.25) is 0 Å². The normalized spacial score (nSPS) is 32.2. The Bertz CT molecular complexity index is 278. The summed E-state index contributed by atoms with van der Waals surface area (Å²) in [6.45, 7) is 16.9. The van der Waals surface area contributed by atoms with Crippen LogP contribution in [0.5, 0.6) is 0 Å². The fourth-order valence-corrected chi connectivity index (χ4v) is 4.13. The molecule has 118 valence electrons. The maximum atomic E-state index is 2.79. The molecule has 2 rings (SSSR count). The van der Waals surface area contributed by atoms with Crippen LogP contribution in [0.15, 0.2) is 0 Å². The first kappa shape index (κ1) is 16.3. The molecule has 0 spiro atoms. The first-order valence-electron chi connectivity index (χ1n) is 8.91. The van der Waals surface area contributed by atoms with Crippen LogP contribution in [0.4, 0.5) is 0 Å². The van der Waals surface area contributed by atoms with Crippen LogP contribution in [-0.2, 0) is 0 Å². The van der Waals surface area contributed by atoms with Gasteiger partial charge in [0.15, 0.2) is 0 Å². The SMILES string of the molecule is CCC(C)[C@H]1CC[C@H](N2CCN(C(C)(C)C)CC2)CC1. The average molecular weight is 280 g/mol. The van der Waals surface area contributed by atoms with Crippen LogP contribution < -0.4 is 0 Å². The highest BCUT2D eigenvalue weighted by Crippen LogP contribution is 2.34. The summed E-state index contributed by atoms with van der Waals surface area (Å²) in [6, 6.07) is 0.887. The lowest BCUT2D eigenvalue weighted by molar-refractivity contribution is 0.0261. The van der Waals surface area contributed by atoms with E-state index in [4.69, 9.17) is 0 Å². The van der Waals surface area contributed by atoms with Gasteiger partial charge in [-0.15, -0.1) is 0 Å². The summed E-state index contributed by atoms with van der Waals surface area (Å²) in [5.41, 5.74) is 0.348. The molecule has 2 fully saturated rings. The van der Waals surface area contributed by atoms with Crippen molar-refractivity contribution in [3.8, 4) is 0 Å². The molecule has 1 saturated carbocycles. The van der Waals surface area contributed by atoms with Gasteiger partial charge in [-0.1, -0.05) is 20.3 Å². The third-order valence-corrected chi connectivity index (χ3v) is 5.97. The quantitative estimate of drug-likeness (QED) is 0.771. The molecular formula is C18H36N2. The van der Waals surface area contributed by atoms with Crippen molar-refractivity contribution in [3.63, 3.8) is 0 Å². The van der Waals surface area contributed by atoms with Crippen molar-refractivity contribution < 1.29 is 0 Å². The Hall–Kier alpha value is -0.0800.